The molecule has 2 aliphatic heterocycles. The Morgan fingerprint density at radius 3 is 1.21 bits per heavy atom. The second-order valence-electron chi connectivity index (χ2n) is 18.1. The first-order valence-corrected chi connectivity index (χ1v) is 24.5. The molecule has 0 radical (unpaired) electrons. The number of hydrogen-bond donors (Lipinski definition) is 1. The number of aromatic amines is 1. The zero-order valence-corrected chi connectivity index (χ0v) is 39.3. The van der Waals surface area contributed by atoms with Gasteiger partial charge in [0.15, 0.2) is 0 Å². The highest BCUT2D eigenvalue weighted by Crippen LogP contribution is 2.52. The van der Waals surface area contributed by atoms with Crippen LogP contribution in [0.3, 0.4) is 0 Å². The molecule has 11 aromatic rings. The van der Waals surface area contributed by atoms with Crippen molar-refractivity contribution in [2.45, 2.75) is 0 Å². The van der Waals surface area contributed by atoms with Crippen molar-refractivity contribution in [1.82, 2.24) is 19.5 Å². The number of H-pyrrole nitrogens is 1. The van der Waals surface area contributed by atoms with Gasteiger partial charge < -0.3 is 9.55 Å². The highest BCUT2D eigenvalue weighted by molar-refractivity contribution is 6.17. The predicted octanol–water partition coefficient (Wildman–Crippen LogP) is 17.3. The Hall–Kier alpha value is -9.64. The first-order chi connectivity index (χ1) is 35.7. The van der Waals surface area contributed by atoms with Crippen LogP contribution in [-0.4, -0.2) is 19.5 Å². The first kappa shape index (κ1) is 42.5. The molecule has 0 saturated heterocycles. The molecule has 0 unspecified atom stereocenters. The van der Waals surface area contributed by atoms with Gasteiger partial charge in [-0.05, 0) is 81.4 Å². The molecule has 3 aromatic heterocycles. The van der Waals surface area contributed by atoms with Crippen LogP contribution in [0.5, 0.6) is 0 Å². The topological polar surface area (TPSA) is 46.5 Å². The smallest absolute Gasteiger partial charge is 0.0822 e. The maximum absolute atomic E-state index is 6.25. The predicted molar refractivity (Wildman–Crippen MR) is 300 cm³/mol. The van der Waals surface area contributed by atoms with E-state index in [1.54, 1.807) is 0 Å². The van der Waals surface area contributed by atoms with E-state index in [2.05, 4.69) is 283 Å². The zero-order chi connectivity index (χ0) is 47.8. The normalized spacial score (nSPS) is 12.1. The van der Waals surface area contributed by atoms with Crippen LogP contribution in [0.15, 0.2) is 261 Å². The SMILES string of the molecule is C1=Cc2cc3c(-c4ccccc4)c(-c4ccccc4)c(c(-c4ccccc4)c4nc(c(-c5ccccc5)c5[nH]c(cc1n2)cc5-c1ccccc1)C(c1ccccc1)=C4c1ccccc1)n3-c1ccccc1. The van der Waals surface area contributed by atoms with E-state index >= 15 is 0 Å². The number of benzene rings is 8. The van der Waals surface area contributed by atoms with Crippen molar-refractivity contribution in [2.75, 3.05) is 0 Å². The lowest BCUT2D eigenvalue weighted by Gasteiger charge is -2.16. The second kappa shape index (κ2) is 18.4. The Labute approximate surface area is 418 Å². The van der Waals surface area contributed by atoms with Crippen LogP contribution < -0.4 is 0 Å². The van der Waals surface area contributed by atoms with Crippen molar-refractivity contribution in [3.8, 4) is 61.3 Å². The van der Waals surface area contributed by atoms with Gasteiger partial charge in [0.25, 0.3) is 0 Å². The molecule has 0 saturated carbocycles. The van der Waals surface area contributed by atoms with Crippen LogP contribution in [0.1, 0.15) is 33.9 Å². The Morgan fingerprint density at radius 2 is 0.708 bits per heavy atom. The highest BCUT2D eigenvalue weighted by Gasteiger charge is 2.33. The van der Waals surface area contributed by atoms with E-state index in [0.717, 1.165) is 128 Å². The molecular weight excluding hydrogens is 873 g/mol. The molecule has 4 heteroatoms. The summed E-state index contributed by atoms with van der Waals surface area (Å²) in [5.74, 6) is 0. The molecule has 8 aromatic carbocycles. The highest BCUT2D eigenvalue weighted by atomic mass is 15.0. The third-order valence-electron chi connectivity index (χ3n) is 13.7. The van der Waals surface area contributed by atoms with E-state index in [9.17, 15) is 0 Å². The summed E-state index contributed by atoms with van der Waals surface area (Å²) < 4.78 is 2.47. The molecule has 8 bridgehead atoms. The van der Waals surface area contributed by atoms with Crippen LogP contribution in [0.25, 0.3) is 107 Å². The molecular formula is C68H46N4. The van der Waals surface area contributed by atoms with Gasteiger partial charge in [-0.3, -0.25) is 0 Å². The fraction of sp³-hybridized carbons (Fsp3) is 0. The molecule has 2 aliphatic rings. The van der Waals surface area contributed by atoms with E-state index in [1.807, 2.05) is 0 Å². The molecule has 0 atom stereocenters. The number of nitrogens with zero attached hydrogens (tertiary/aromatic N) is 3. The summed E-state index contributed by atoms with van der Waals surface area (Å²) in [7, 11) is 0. The number of nitrogens with one attached hydrogen (secondary N) is 1. The van der Waals surface area contributed by atoms with Crippen LogP contribution in [-0.2, 0) is 0 Å². The van der Waals surface area contributed by atoms with Crippen molar-refractivity contribution < 1.29 is 0 Å². The van der Waals surface area contributed by atoms with Gasteiger partial charge in [0.05, 0.1) is 39.3 Å². The van der Waals surface area contributed by atoms with E-state index in [0.29, 0.717) is 0 Å². The standard InChI is InChI=1S/C68H46N4/c1-9-25-46(26-10-1)57-44-55-43-53-41-42-54(69-53)45-58-59(47-27-11-2-12-28-47)62(50-33-17-5-18-34-50)68(72(58)56-39-23-8-24-40-56)64(52-37-21-7-22-38-52)67-61(49-31-15-4-16-32-49)60(48-29-13-3-14-30-48)66(71-67)63(65(57)70-55)51-35-19-6-20-36-51/h1-45,70H. The maximum Gasteiger partial charge on any atom is 0.0822 e. The van der Waals surface area contributed by atoms with Gasteiger partial charge in [0.1, 0.15) is 0 Å². The zero-order valence-electron chi connectivity index (χ0n) is 39.3. The van der Waals surface area contributed by atoms with E-state index in [4.69, 9.17) is 9.97 Å². The molecule has 0 spiro atoms. The Bertz CT molecular complexity index is 4010. The van der Waals surface area contributed by atoms with Gasteiger partial charge in [-0.25, -0.2) is 9.97 Å². The minimum atomic E-state index is 0.851. The Morgan fingerprint density at radius 1 is 0.319 bits per heavy atom. The van der Waals surface area contributed by atoms with Gasteiger partial charge in [-0.2, -0.15) is 0 Å². The van der Waals surface area contributed by atoms with Gasteiger partial charge in [-0.1, -0.05) is 231 Å². The second-order valence-corrected chi connectivity index (χ2v) is 18.1. The van der Waals surface area contributed by atoms with Crippen molar-refractivity contribution in [3.63, 3.8) is 0 Å². The number of hydrogen-bond acceptors (Lipinski definition) is 2. The summed E-state index contributed by atoms with van der Waals surface area (Å²) in [5.41, 5.74) is 23.2. The van der Waals surface area contributed by atoms with Crippen molar-refractivity contribution in [3.05, 3.63) is 295 Å². The number of aromatic nitrogens is 4. The summed E-state index contributed by atoms with van der Waals surface area (Å²) in [6.45, 7) is 0. The van der Waals surface area contributed by atoms with Crippen LogP contribution in [0.4, 0.5) is 0 Å². The number of rotatable bonds is 8. The van der Waals surface area contributed by atoms with E-state index in [-0.39, 0.29) is 0 Å². The molecule has 0 amide bonds. The molecule has 5 heterocycles. The monoisotopic (exact) mass is 918 g/mol. The average Bonchev–Trinajstić information content (AvgIpc) is 4.25. The lowest BCUT2D eigenvalue weighted by Crippen LogP contribution is -1.99. The van der Waals surface area contributed by atoms with Crippen LogP contribution in [0.2, 0.25) is 0 Å². The average molecular weight is 919 g/mol. The Kier molecular flexibility index (Phi) is 10.8. The van der Waals surface area contributed by atoms with Gasteiger partial charge in [0.2, 0.25) is 0 Å². The van der Waals surface area contributed by atoms with Crippen molar-refractivity contribution in [1.29, 1.82) is 0 Å². The lowest BCUT2D eigenvalue weighted by molar-refractivity contribution is 1.17. The van der Waals surface area contributed by atoms with Crippen molar-refractivity contribution in [2.24, 2.45) is 0 Å². The lowest BCUT2D eigenvalue weighted by atomic mass is 9.86. The van der Waals surface area contributed by atoms with Gasteiger partial charge in [-0.15, -0.1) is 0 Å². The molecule has 72 heavy (non-hydrogen) atoms. The molecule has 0 fully saturated rings. The minimum absolute atomic E-state index is 0.851. The van der Waals surface area contributed by atoms with E-state index in [1.165, 1.54) is 0 Å². The fourth-order valence-corrected chi connectivity index (χ4v) is 10.6. The number of para-hydroxylation sites is 1. The van der Waals surface area contributed by atoms with Crippen molar-refractivity contribution >= 4 is 45.4 Å². The van der Waals surface area contributed by atoms with E-state index < -0.39 is 0 Å². The molecule has 1 N–H and O–H groups in total. The van der Waals surface area contributed by atoms with Gasteiger partial charge >= 0.3 is 0 Å². The Balaban J connectivity index is 1.40. The van der Waals surface area contributed by atoms with Crippen LogP contribution in [0, 0.1) is 0 Å². The minimum Gasteiger partial charge on any atom is -0.354 e. The largest absolute Gasteiger partial charge is 0.354 e. The molecule has 13 rings (SSSR count). The summed E-state index contributed by atoms with van der Waals surface area (Å²) in [4.78, 5) is 15.6. The summed E-state index contributed by atoms with van der Waals surface area (Å²) in [5, 5.41) is 0. The van der Waals surface area contributed by atoms with Crippen LogP contribution >= 0.6 is 0 Å². The number of fused-ring (bicyclic) bond motifs is 8. The summed E-state index contributed by atoms with van der Waals surface area (Å²) in [6.07, 6.45) is 4.26. The first-order valence-electron chi connectivity index (χ1n) is 24.5. The summed E-state index contributed by atoms with van der Waals surface area (Å²) in [6, 6.07) is 93.3. The third kappa shape index (κ3) is 7.59. The molecule has 4 nitrogen and oxygen atoms in total. The quantitative estimate of drug-likeness (QED) is 0.165. The maximum atomic E-state index is 6.25. The molecule has 338 valence electrons. The summed E-state index contributed by atoms with van der Waals surface area (Å²) >= 11 is 0. The fourth-order valence-electron chi connectivity index (χ4n) is 10.6. The van der Waals surface area contributed by atoms with Gasteiger partial charge in [0, 0.05) is 50.2 Å². The third-order valence-corrected chi connectivity index (χ3v) is 13.7. The molecule has 0 aliphatic carbocycles.